The van der Waals surface area contributed by atoms with Gasteiger partial charge in [-0.3, -0.25) is 4.98 Å². The molecule has 0 fully saturated rings. The summed E-state index contributed by atoms with van der Waals surface area (Å²) in [6.07, 6.45) is 25.9. The van der Waals surface area contributed by atoms with Crippen molar-refractivity contribution in [1.82, 2.24) is 48.2 Å². The summed E-state index contributed by atoms with van der Waals surface area (Å²) in [7, 11) is 7.99. The van der Waals surface area contributed by atoms with Gasteiger partial charge in [-0.1, -0.05) is 359 Å². The Bertz CT molecular complexity index is 4410. The fourth-order valence-electron chi connectivity index (χ4n) is 7.28. The van der Waals surface area contributed by atoms with Gasteiger partial charge in [0.2, 0.25) is 0 Å². The van der Waals surface area contributed by atoms with Crippen LogP contribution in [-0.4, -0.2) is 48.2 Å². The third-order valence-electron chi connectivity index (χ3n) is 11.6. The number of rotatable bonds is 0. The van der Waals surface area contributed by atoms with E-state index < -0.39 is 0 Å². The molecular formula is C119H188N10O4S4. The van der Waals surface area contributed by atoms with Gasteiger partial charge in [-0.25, -0.2) is 24.9 Å². The predicted octanol–water partition coefficient (Wildman–Crippen LogP) is 39.8. The molecule has 14 nitrogen and oxygen atoms in total. The number of thiophene rings is 2. The molecule has 0 aliphatic heterocycles. The smallest absolute Gasteiger partial charge is 0.181 e. The molecule has 12 heterocycles. The summed E-state index contributed by atoms with van der Waals surface area (Å²) in [6, 6.07) is 66.5. The summed E-state index contributed by atoms with van der Waals surface area (Å²) in [5.41, 5.74) is 11.5. The van der Waals surface area contributed by atoms with E-state index >= 15 is 0 Å². The average Bonchev–Trinajstić information content (AvgIpc) is 1.70. The number of hydrogen-bond donors (Lipinski definition) is 0. The summed E-state index contributed by atoms with van der Waals surface area (Å²) >= 11 is 6.78. The summed E-state index contributed by atoms with van der Waals surface area (Å²) < 4.78 is 29.8. The molecule has 0 saturated heterocycles. The van der Waals surface area contributed by atoms with Gasteiger partial charge in [0.05, 0.1) is 69.9 Å². The van der Waals surface area contributed by atoms with Gasteiger partial charge in [-0.2, -0.15) is 11.3 Å². The van der Waals surface area contributed by atoms with Crippen LogP contribution in [0.5, 0.6) is 0 Å². The molecular weight excluding hydrogens is 1760 g/mol. The zero-order valence-electron chi connectivity index (χ0n) is 92.8. The van der Waals surface area contributed by atoms with Crippen molar-refractivity contribution in [2.75, 3.05) is 0 Å². The van der Waals surface area contributed by atoms with Crippen LogP contribution in [0, 0.1) is 70.5 Å². The lowest BCUT2D eigenvalue weighted by Gasteiger charge is -2.05. The van der Waals surface area contributed by atoms with Crippen molar-refractivity contribution in [2.24, 2.45) is 98.7 Å². The fraction of sp³-hybridized carbons (Fsp3) is 0.445. The van der Waals surface area contributed by atoms with Crippen LogP contribution in [0.3, 0.4) is 0 Å². The van der Waals surface area contributed by atoms with Crippen molar-refractivity contribution in [1.29, 1.82) is 0 Å². The van der Waals surface area contributed by atoms with E-state index in [0.717, 1.165) is 98.2 Å². The maximum absolute atomic E-state index is 5.12. The molecule has 0 radical (unpaired) electrons. The highest BCUT2D eigenvalue weighted by molar-refractivity contribution is 7.17. The van der Waals surface area contributed by atoms with E-state index in [-0.39, 0.29) is 0 Å². The van der Waals surface area contributed by atoms with E-state index in [1.54, 1.807) is 94.6 Å². The van der Waals surface area contributed by atoms with Gasteiger partial charge < -0.3 is 35.9 Å². The molecule has 0 aliphatic carbocycles. The van der Waals surface area contributed by atoms with Crippen LogP contribution < -0.4 is 0 Å². The average molecular weight is 1950 g/mol. The first-order chi connectivity index (χ1) is 64.5. The highest BCUT2D eigenvalue weighted by Gasteiger charge is 1.98. The minimum Gasteiger partial charge on any atom is -0.473 e. The van der Waals surface area contributed by atoms with Crippen LogP contribution in [0.4, 0.5) is 0 Å². The molecule has 0 atom stereocenters. The summed E-state index contributed by atoms with van der Waals surface area (Å²) in [5.74, 6) is 9.17. The lowest BCUT2D eigenvalue weighted by Crippen LogP contribution is -1.93. The Morgan fingerprint density at radius 1 is 0.263 bits per heavy atom. The largest absolute Gasteiger partial charge is 0.473 e. The van der Waals surface area contributed by atoms with Crippen LogP contribution in [0.15, 0.2) is 344 Å². The number of imidazole rings is 2. The summed E-state index contributed by atoms with van der Waals surface area (Å²) in [4.78, 5) is 23.4. The number of thiazole rings is 2. The normalized spacial score (nSPS) is 9.49. The maximum Gasteiger partial charge on any atom is 0.181 e. The summed E-state index contributed by atoms with van der Waals surface area (Å²) in [5, 5.41) is 12.0. The number of para-hydroxylation sites is 7. The van der Waals surface area contributed by atoms with Crippen molar-refractivity contribution >= 4 is 110 Å². The second-order valence-corrected chi connectivity index (χ2v) is 43.4. The van der Waals surface area contributed by atoms with Crippen molar-refractivity contribution in [3.63, 3.8) is 0 Å². The maximum atomic E-state index is 5.12. The van der Waals surface area contributed by atoms with Crippen LogP contribution >= 0.6 is 45.3 Å². The number of aryl methyl sites for hydroxylation is 4. The van der Waals surface area contributed by atoms with E-state index in [1.165, 1.54) is 50.3 Å². The van der Waals surface area contributed by atoms with Crippen molar-refractivity contribution in [3.8, 4) is 0 Å². The molecule has 137 heavy (non-hydrogen) atoms. The number of hydrogen-bond acceptors (Lipinski definition) is 14. The van der Waals surface area contributed by atoms with Crippen molar-refractivity contribution in [3.05, 3.63) is 327 Å². The molecule has 0 bridgehead atoms. The fourth-order valence-corrected chi connectivity index (χ4v) is 9.55. The number of nitrogens with zero attached hydrogens (tertiary/aromatic N) is 10. The molecule has 12 aromatic heterocycles. The summed E-state index contributed by atoms with van der Waals surface area (Å²) in [6.45, 7) is 80.2. The van der Waals surface area contributed by atoms with Gasteiger partial charge in [-0.05, 0) is 194 Å². The molecule has 762 valence electrons. The number of benzene rings is 6. The Labute approximate surface area is 850 Å². The molecule has 0 unspecified atom stereocenters. The first-order valence-electron chi connectivity index (χ1n) is 48.3. The minimum absolute atomic E-state index is 0.500. The van der Waals surface area contributed by atoms with Crippen LogP contribution in [0.2, 0.25) is 0 Å². The van der Waals surface area contributed by atoms with Gasteiger partial charge in [0, 0.05) is 86.4 Å². The molecule has 0 amide bonds. The van der Waals surface area contributed by atoms with E-state index in [9.17, 15) is 0 Å². The SMILES string of the molecule is CC(C)(C)C.CC(C)C.CC(C)C.CC(C)C.CC(C)C.CC(C)C.CC(C)C.CC(C)C.CC(C)C.CC(C)C.CC(C)C.CC(C)C.Cn1ccc2ccccc21.Cn1cccc1.Cn1ccnc1.Cn1cnc2ccccc21.c1ccc2occc2c1.c1ccc2ocnc2c1.c1ccc2sccc2c1.c1ccc2scnc2c1.c1ccoc1.c1ccsc1.c1cocn1.c1cscn1. The second kappa shape index (κ2) is 93.2. The zero-order chi connectivity index (χ0) is 105. The highest BCUT2D eigenvalue weighted by Crippen LogP contribution is 2.20. The Morgan fingerprint density at radius 3 is 1.04 bits per heavy atom. The molecule has 18 heteroatoms. The second-order valence-electron chi connectivity index (χ2n) is 40.0. The van der Waals surface area contributed by atoms with E-state index in [1.807, 2.05) is 209 Å². The zero-order valence-corrected chi connectivity index (χ0v) is 96.0. The van der Waals surface area contributed by atoms with Crippen LogP contribution in [-0.2, 0) is 28.2 Å². The van der Waals surface area contributed by atoms with E-state index in [0.29, 0.717) is 5.41 Å². The van der Waals surface area contributed by atoms with Crippen LogP contribution in [0.25, 0.3) is 64.3 Å². The van der Waals surface area contributed by atoms with Gasteiger partial charge in [0.25, 0.3) is 0 Å². The number of fused-ring (bicyclic) bond motifs is 6. The first kappa shape index (κ1) is 137. The van der Waals surface area contributed by atoms with Gasteiger partial charge in [0.15, 0.2) is 18.4 Å². The van der Waals surface area contributed by atoms with Gasteiger partial charge in [-0.15, -0.1) is 34.0 Å². The molecule has 0 saturated carbocycles. The Balaban J connectivity index is -0.000000330. The first-order valence-corrected chi connectivity index (χ1v) is 52.0. The molecule has 6 aromatic carbocycles. The van der Waals surface area contributed by atoms with E-state index in [2.05, 4.69) is 391 Å². The standard InChI is InChI=1S/C9H9N.C8H8N2.C8H6O.C8H6S.C7H5NO.C7H5NS.C5H7N.C5H12.C4H6N2.C4H4O.C4H4S.11C4H10.C3H3NO.C3H3NS/c1-10-7-6-8-4-2-3-5-9(8)10;1-10-6-9-7-4-2-3-5-8(7)10;2*1-2-4-8-7(3-1)5-6-9-8;2*1-2-4-7-6(3-1)8-5-9-7;1-6-4-2-3-5-6;1-5(2,3)4;1-6-3-2-5-4-6;2*1-2-4-5-3-1;11*1-4(2)3;2*1-2-5-3-4-1/h2-7H,1H3;2-6H,1H3;2*1-6H;2*1-5H;2-5H,1H3;1-4H3;2-4H,1H3;2*1-4H;11*4H,1-3H3;2*1-3H. The third kappa shape index (κ3) is 111. The van der Waals surface area contributed by atoms with E-state index in [4.69, 9.17) is 8.83 Å². The number of furan rings is 2. The van der Waals surface area contributed by atoms with Crippen LogP contribution in [0.1, 0.15) is 256 Å². The molecule has 18 aromatic rings. The lowest BCUT2D eigenvalue weighted by molar-refractivity contribution is 0.469. The predicted molar refractivity (Wildman–Crippen MR) is 616 cm³/mol. The highest BCUT2D eigenvalue weighted by atomic mass is 32.1. The topological polar surface area (TPSA) is 150 Å². The monoisotopic (exact) mass is 1950 g/mol. The Morgan fingerprint density at radius 2 is 0.701 bits per heavy atom. The van der Waals surface area contributed by atoms with Crippen molar-refractivity contribution < 1.29 is 17.7 Å². The third-order valence-corrected chi connectivity index (χ3v) is 14.4. The Kier molecular flexibility index (Phi) is 93.3. The quantitative estimate of drug-likeness (QED) is 0.144. The number of oxazole rings is 2. The van der Waals surface area contributed by atoms with Crippen molar-refractivity contribution in [2.45, 2.75) is 256 Å². The minimum atomic E-state index is 0.500. The lowest BCUT2D eigenvalue weighted by atomic mass is 10.0. The molecule has 0 aliphatic rings. The Hall–Kier alpha value is -10.5. The van der Waals surface area contributed by atoms with Gasteiger partial charge in [0.1, 0.15) is 17.4 Å². The molecule has 18 rings (SSSR count). The van der Waals surface area contributed by atoms with Gasteiger partial charge >= 0.3 is 0 Å². The molecule has 0 N–H and O–H groups in total. The number of aromatic nitrogens is 10. The molecule has 0 spiro atoms.